The minimum atomic E-state index is -0.796. The van der Waals surface area contributed by atoms with Crippen molar-refractivity contribution < 1.29 is 19.1 Å². The van der Waals surface area contributed by atoms with Gasteiger partial charge in [-0.2, -0.15) is 0 Å². The van der Waals surface area contributed by atoms with Crippen molar-refractivity contribution in [3.63, 3.8) is 0 Å². The molecule has 0 aromatic carbocycles. The first-order chi connectivity index (χ1) is 8.42. The number of carboxylic acids is 1. The van der Waals surface area contributed by atoms with Gasteiger partial charge >= 0.3 is 5.97 Å². The second-order valence-corrected chi connectivity index (χ2v) is 5.54. The van der Waals surface area contributed by atoms with Crippen molar-refractivity contribution in [2.75, 3.05) is 13.1 Å². The van der Waals surface area contributed by atoms with Crippen LogP contribution in [0.15, 0.2) is 21.2 Å². The van der Waals surface area contributed by atoms with E-state index in [9.17, 15) is 9.59 Å². The standard InChI is InChI=1S/C12H14BrNO4/c1-12(11(16)17)4-6-14(7-5-12)10(15)8-2-3-9(13)18-8/h2-3H,4-7H2,1H3,(H,16,17). The van der Waals surface area contributed by atoms with E-state index in [0.29, 0.717) is 30.6 Å². The zero-order valence-corrected chi connectivity index (χ0v) is 11.6. The van der Waals surface area contributed by atoms with E-state index in [4.69, 9.17) is 9.52 Å². The van der Waals surface area contributed by atoms with Gasteiger partial charge in [0.25, 0.3) is 5.91 Å². The fourth-order valence-electron chi connectivity index (χ4n) is 2.00. The Labute approximate surface area is 113 Å². The van der Waals surface area contributed by atoms with E-state index < -0.39 is 11.4 Å². The maximum Gasteiger partial charge on any atom is 0.309 e. The van der Waals surface area contributed by atoms with Crippen LogP contribution >= 0.6 is 15.9 Å². The third-order valence-electron chi connectivity index (χ3n) is 3.45. The number of rotatable bonds is 2. The van der Waals surface area contributed by atoms with Crippen LogP contribution in [0.3, 0.4) is 0 Å². The molecule has 0 bridgehead atoms. The van der Waals surface area contributed by atoms with Crippen molar-refractivity contribution >= 4 is 27.8 Å². The molecule has 1 fully saturated rings. The molecule has 1 aliphatic rings. The molecule has 0 unspecified atom stereocenters. The molecule has 1 N–H and O–H groups in total. The molecule has 1 saturated heterocycles. The Morgan fingerprint density at radius 3 is 2.44 bits per heavy atom. The van der Waals surface area contributed by atoms with Crippen molar-refractivity contribution in [3.05, 3.63) is 22.6 Å². The molecular formula is C12H14BrNO4. The van der Waals surface area contributed by atoms with E-state index in [-0.39, 0.29) is 11.7 Å². The molecule has 0 radical (unpaired) electrons. The maximum atomic E-state index is 12.1. The van der Waals surface area contributed by atoms with Crippen molar-refractivity contribution in [2.45, 2.75) is 19.8 Å². The number of aliphatic carboxylic acids is 1. The maximum absolute atomic E-state index is 12.1. The Hall–Kier alpha value is -1.30. The van der Waals surface area contributed by atoms with Crippen LogP contribution in [0.1, 0.15) is 30.3 Å². The normalized spacial score (nSPS) is 18.7. The summed E-state index contributed by atoms with van der Waals surface area (Å²) in [7, 11) is 0. The van der Waals surface area contributed by atoms with Gasteiger partial charge in [-0.3, -0.25) is 9.59 Å². The second-order valence-electron chi connectivity index (χ2n) is 4.76. The molecule has 1 aromatic heterocycles. The predicted molar refractivity (Wildman–Crippen MR) is 67.3 cm³/mol. The van der Waals surface area contributed by atoms with Gasteiger partial charge < -0.3 is 14.4 Å². The summed E-state index contributed by atoms with van der Waals surface area (Å²) in [6.45, 7) is 2.61. The number of nitrogens with zero attached hydrogens (tertiary/aromatic N) is 1. The number of likely N-dealkylation sites (tertiary alicyclic amines) is 1. The summed E-state index contributed by atoms with van der Waals surface area (Å²) in [5.41, 5.74) is -0.722. The Balaban J connectivity index is 2.02. The van der Waals surface area contributed by atoms with Gasteiger partial charge in [-0.25, -0.2) is 0 Å². The molecule has 1 aromatic rings. The van der Waals surface area contributed by atoms with Gasteiger partial charge in [-0.05, 0) is 47.8 Å². The molecule has 0 spiro atoms. The van der Waals surface area contributed by atoms with Gasteiger partial charge in [0.15, 0.2) is 10.4 Å². The van der Waals surface area contributed by atoms with Gasteiger partial charge in [-0.15, -0.1) is 0 Å². The highest BCUT2D eigenvalue weighted by molar-refractivity contribution is 9.10. The number of hydrogen-bond donors (Lipinski definition) is 1. The van der Waals surface area contributed by atoms with Crippen LogP contribution in [0.2, 0.25) is 0 Å². The highest BCUT2D eigenvalue weighted by Gasteiger charge is 2.38. The molecule has 0 saturated carbocycles. The molecule has 2 heterocycles. The number of halogens is 1. The van der Waals surface area contributed by atoms with Gasteiger partial charge in [0.1, 0.15) is 0 Å². The van der Waals surface area contributed by atoms with Crippen molar-refractivity contribution in [1.82, 2.24) is 4.90 Å². The van der Waals surface area contributed by atoms with Gasteiger partial charge in [0, 0.05) is 13.1 Å². The lowest BCUT2D eigenvalue weighted by molar-refractivity contribution is -0.150. The predicted octanol–water partition coefficient (Wildman–Crippen LogP) is 2.37. The van der Waals surface area contributed by atoms with E-state index in [0.717, 1.165) is 0 Å². The number of carbonyl (C=O) groups is 2. The van der Waals surface area contributed by atoms with Gasteiger partial charge in [-0.1, -0.05) is 0 Å². The molecule has 5 nitrogen and oxygen atoms in total. The minimum absolute atomic E-state index is 0.187. The fraction of sp³-hybridized carbons (Fsp3) is 0.500. The highest BCUT2D eigenvalue weighted by atomic mass is 79.9. The summed E-state index contributed by atoms with van der Waals surface area (Å²) in [6.07, 6.45) is 0.936. The van der Waals surface area contributed by atoms with Crippen molar-refractivity contribution in [1.29, 1.82) is 0 Å². The molecule has 1 amide bonds. The summed E-state index contributed by atoms with van der Waals surface area (Å²) in [6, 6.07) is 3.27. The fourth-order valence-corrected chi connectivity index (χ4v) is 2.31. The third-order valence-corrected chi connectivity index (χ3v) is 3.88. The monoisotopic (exact) mass is 315 g/mol. The van der Waals surface area contributed by atoms with E-state index in [1.807, 2.05) is 0 Å². The molecule has 0 atom stereocenters. The van der Waals surface area contributed by atoms with E-state index in [1.54, 1.807) is 24.0 Å². The second kappa shape index (κ2) is 4.76. The lowest BCUT2D eigenvalue weighted by Crippen LogP contribution is -2.45. The summed E-state index contributed by atoms with van der Waals surface area (Å²) < 4.78 is 5.72. The summed E-state index contributed by atoms with van der Waals surface area (Å²) >= 11 is 3.15. The lowest BCUT2D eigenvalue weighted by Gasteiger charge is -2.36. The number of furan rings is 1. The average molecular weight is 316 g/mol. The number of hydrogen-bond acceptors (Lipinski definition) is 3. The van der Waals surface area contributed by atoms with Crippen molar-refractivity contribution in [3.8, 4) is 0 Å². The topological polar surface area (TPSA) is 70.8 Å². The summed E-state index contributed by atoms with van der Waals surface area (Å²) in [5.74, 6) is -0.704. The molecular weight excluding hydrogens is 302 g/mol. The smallest absolute Gasteiger partial charge is 0.309 e. The Morgan fingerprint density at radius 2 is 2.00 bits per heavy atom. The first-order valence-electron chi connectivity index (χ1n) is 5.70. The van der Waals surface area contributed by atoms with Crippen LogP contribution in [0.25, 0.3) is 0 Å². The zero-order chi connectivity index (χ0) is 13.3. The average Bonchev–Trinajstić information content (AvgIpc) is 2.76. The Bertz CT molecular complexity index is 474. The molecule has 18 heavy (non-hydrogen) atoms. The summed E-state index contributed by atoms with van der Waals surface area (Å²) in [5, 5.41) is 9.11. The van der Waals surface area contributed by atoms with Crippen LogP contribution in [-0.4, -0.2) is 35.0 Å². The quantitative estimate of drug-likeness (QED) is 0.909. The van der Waals surface area contributed by atoms with Crippen LogP contribution in [0.5, 0.6) is 0 Å². The van der Waals surface area contributed by atoms with Gasteiger partial charge in [0.2, 0.25) is 0 Å². The Kier molecular flexibility index (Phi) is 3.47. The van der Waals surface area contributed by atoms with Gasteiger partial charge in [0.05, 0.1) is 5.41 Å². The van der Waals surface area contributed by atoms with Crippen molar-refractivity contribution in [2.24, 2.45) is 5.41 Å². The minimum Gasteiger partial charge on any atom is -0.481 e. The number of carbonyl (C=O) groups excluding carboxylic acids is 1. The van der Waals surface area contributed by atoms with Crippen LogP contribution < -0.4 is 0 Å². The zero-order valence-electron chi connectivity index (χ0n) is 9.98. The number of piperidine rings is 1. The Morgan fingerprint density at radius 1 is 1.39 bits per heavy atom. The summed E-state index contributed by atoms with van der Waals surface area (Å²) in [4.78, 5) is 24.8. The first kappa shape index (κ1) is 13.1. The van der Waals surface area contributed by atoms with E-state index in [1.165, 1.54) is 0 Å². The SMILES string of the molecule is CC1(C(=O)O)CCN(C(=O)c2ccc(Br)o2)CC1. The lowest BCUT2D eigenvalue weighted by atomic mass is 9.80. The molecule has 0 aliphatic carbocycles. The molecule has 98 valence electrons. The largest absolute Gasteiger partial charge is 0.481 e. The molecule has 2 rings (SSSR count). The van der Waals surface area contributed by atoms with E-state index >= 15 is 0 Å². The van der Waals surface area contributed by atoms with E-state index in [2.05, 4.69) is 15.9 Å². The molecule has 6 heteroatoms. The molecule has 1 aliphatic heterocycles. The van der Waals surface area contributed by atoms with Crippen LogP contribution in [-0.2, 0) is 4.79 Å². The highest BCUT2D eigenvalue weighted by Crippen LogP contribution is 2.31. The first-order valence-corrected chi connectivity index (χ1v) is 6.50. The van der Waals surface area contributed by atoms with Crippen LogP contribution in [0.4, 0.5) is 0 Å². The number of carboxylic acid groups (broad SMARTS) is 1. The number of amides is 1. The van der Waals surface area contributed by atoms with Crippen LogP contribution in [0, 0.1) is 5.41 Å². The third kappa shape index (κ3) is 2.43.